The van der Waals surface area contributed by atoms with Crippen LogP contribution in [0.25, 0.3) is 0 Å². The van der Waals surface area contributed by atoms with Crippen molar-refractivity contribution in [2.75, 3.05) is 17.2 Å². The number of anilines is 2. The minimum Gasteiger partial charge on any atom is -0.456 e. The fraction of sp³-hybridized carbons (Fsp3) is 0.115. The number of thioether (sulfide) groups is 1. The highest BCUT2D eigenvalue weighted by Crippen LogP contribution is 2.37. The third-order valence-corrected chi connectivity index (χ3v) is 7.30. The molecule has 0 saturated carbocycles. The van der Waals surface area contributed by atoms with E-state index < -0.39 is 23.7 Å². The molecule has 0 radical (unpaired) electrons. The molecule has 36 heavy (non-hydrogen) atoms. The molecule has 0 bridgehead atoms. The summed E-state index contributed by atoms with van der Waals surface area (Å²) in [7, 11) is 0. The van der Waals surface area contributed by atoms with Gasteiger partial charge in [0.1, 0.15) is 0 Å². The van der Waals surface area contributed by atoms with Crippen LogP contribution in [0.4, 0.5) is 11.4 Å². The Morgan fingerprint density at radius 1 is 0.917 bits per heavy atom. The summed E-state index contributed by atoms with van der Waals surface area (Å²) in [5, 5.41) is 4.62. The van der Waals surface area contributed by atoms with Crippen LogP contribution in [-0.4, -0.2) is 41.2 Å². The van der Waals surface area contributed by atoms with E-state index >= 15 is 0 Å². The number of carbonyl (C=O) groups is 5. The Morgan fingerprint density at radius 2 is 1.56 bits per heavy atom. The van der Waals surface area contributed by atoms with E-state index in [0.717, 1.165) is 4.90 Å². The molecule has 2 amide bonds. The summed E-state index contributed by atoms with van der Waals surface area (Å²) in [5.74, 6) is -2.41. The molecule has 5 rings (SSSR count). The zero-order chi connectivity index (χ0) is 25.4. The van der Waals surface area contributed by atoms with Gasteiger partial charge in [0.25, 0.3) is 5.91 Å². The van der Waals surface area contributed by atoms with E-state index in [4.69, 9.17) is 16.3 Å². The number of para-hydroxylation sites is 1. The van der Waals surface area contributed by atoms with Crippen molar-refractivity contribution in [3.8, 4) is 0 Å². The highest BCUT2D eigenvalue weighted by molar-refractivity contribution is 8.01. The van der Waals surface area contributed by atoms with Crippen molar-refractivity contribution in [3.05, 3.63) is 87.9 Å². The van der Waals surface area contributed by atoms with Gasteiger partial charge < -0.3 is 15.4 Å². The van der Waals surface area contributed by atoms with Crippen LogP contribution in [0.1, 0.15) is 38.3 Å². The van der Waals surface area contributed by atoms with Crippen LogP contribution in [-0.2, 0) is 19.1 Å². The number of ether oxygens (including phenoxy) is 1. The van der Waals surface area contributed by atoms with E-state index in [9.17, 15) is 24.0 Å². The van der Waals surface area contributed by atoms with Crippen molar-refractivity contribution in [1.29, 1.82) is 0 Å². The minimum atomic E-state index is -0.717. The van der Waals surface area contributed by atoms with Crippen LogP contribution in [0.5, 0.6) is 0 Å². The zero-order valence-corrected chi connectivity index (χ0v) is 20.1. The first-order chi connectivity index (χ1) is 17.3. The molecular weight excluding hydrogens is 504 g/mol. The number of ketones is 2. The lowest BCUT2D eigenvalue weighted by Gasteiger charge is -2.23. The summed E-state index contributed by atoms with van der Waals surface area (Å²) in [6.45, 7) is -0.614. The van der Waals surface area contributed by atoms with Crippen molar-refractivity contribution in [3.63, 3.8) is 0 Å². The number of fused-ring (bicyclic) bond motifs is 3. The summed E-state index contributed by atoms with van der Waals surface area (Å²) in [6.07, 6.45) is -0.215. The van der Waals surface area contributed by atoms with Crippen LogP contribution in [0, 0.1) is 0 Å². The molecule has 0 unspecified atom stereocenters. The van der Waals surface area contributed by atoms with Crippen molar-refractivity contribution >= 4 is 64.1 Å². The first kappa shape index (κ1) is 23.8. The second kappa shape index (κ2) is 9.60. The highest BCUT2D eigenvalue weighted by Gasteiger charge is 2.31. The Balaban J connectivity index is 1.22. The lowest BCUT2D eigenvalue weighted by atomic mass is 9.84. The standard InChI is InChI=1S/C26H17ClN2O6S/c27-17-9-15-16(25(33)14-6-2-1-5-13(14)24(15)32)10-19(17)28-22(30)12-35-23(31)11-21-26(34)29-18-7-3-4-8-20(18)36-21/h1-10,21H,11-12H2,(H,28,30)(H,29,34)/t21-/m1/s1. The SMILES string of the molecule is O=C(COC(=O)C[C@H]1Sc2ccccc2NC1=O)Nc1cc2c(cc1Cl)C(=O)c1ccccc1C2=O. The molecule has 1 heterocycles. The number of benzene rings is 3. The van der Waals surface area contributed by atoms with E-state index in [0.29, 0.717) is 11.3 Å². The van der Waals surface area contributed by atoms with Gasteiger partial charge in [-0.05, 0) is 24.3 Å². The first-order valence-corrected chi connectivity index (χ1v) is 12.1. The average Bonchev–Trinajstić information content (AvgIpc) is 2.87. The van der Waals surface area contributed by atoms with Gasteiger partial charge in [0.05, 0.1) is 28.1 Å². The lowest BCUT2D eigenvalue weighted by Crippen LogP contribution is -2.32. The highest BCUT2D eigenvalue weighted by atomic mass is 35.5. The van der Waals surface area contributed by atoms with Crippen LogP contribution >= 0.6 is 23.4 Å². The molecule has 1 atom stereocenters. The van der Waals surface area contributed by atoms with Gasteiger partial charge >= 0.3 is 5.97 Å². The van der Waals surface area contributed by atoms with Gasteiger partial charge in [0, 0.05) is 27.1 Å². The third-order valence-electron chi connectivity index (χ3n) is 5.71. The number of hydrogen-bond acceptors (Lipinski definition) is 7. The normalized spacial score (nSPS) is 15.8. The van der Waals surface area contributed by atoms with Crippen LogP contribution in [0.15, 0.2) is 65.6 Å². The molecule has 0 fully saturated rings. The smallest absolute Gasteiger partial charge is 0.307 e. The molecule has 3 aromatic carbocycles. The molecule has 3 aromatic rings. The summed E-state index contributed by atoms with van der Waals surface area (Å²) < 4.78 is 5.04. The van der Waals surface area contributed by atoms with E-state index in [-0.39, 0.29) is 51.3 Å². The molecule has 2 N–H and O–H groups in total. The maximum Gasteiger partial charge on any atom is 0.307 e. The number of hydrogen-bond donors (Lipinski definition) is 2. The summed E-state index contributed by atoms with van der Waals surface area (Å²) >= 11 is 7.51. The topological polar surface area (TPSA) is 119 Å². The van der Waals surface area contributed by atoms with E-state index in [1.54, 1.807) is 36.4 Å². The number of esters is 1. The average molecular weight is 521 g/mol. The van der Waals surface area contributed by atoms with Crippen LogP contribution in [0.3, 0.4) is 0 Å². The number of halogens is 1. The zero-order valence-electron chi connectivity index (χ0n) is 18.5. The van der Waals surface area contributed by atoms with Gasteiger partial charge in [-0.15, -0.1) is 11.8 Å². The number of nitrogens with one attached hydrogen (secondary N) is 2. The Labute approximate surface area is 214 Å². The Morgan fingerprint density at radius 3 is 2.28 bits per heavy atom. The molecule has 180 valence electrons. The van der Waals surface area contributed by atoms with Gasteiger partial charge in [-0.1, -0.05) is 48.0 Å². The number of amides is 2. The predicted molar refractivity (Wildman–Crippen MR) is 134 cm³/mol. The second-order valence-electron chi connectivity index (χ2n) is 8.09. The van der Waals surface area contributed by atoms with Gasteiger partial charge in [0.2, 0.25) is 5.91 Å². The Hall–Kier alpha value is -3.95. The Bertz CT molecular complexity index is 1470. The summed E-state index contributed by atoms with van der Waals surface area (Å²) in [4.78, 5) is 63.5. The van der Waals surface area contributed by atoms with Gasteiger partial charge in [-0.25, -0.2) is 0 Å². The van der Waals surface area contributed by atoms with Crippen molar-refractivity contribution in [2.45, 2.75) is 16.6 Å². The monoisotopic (exact) mass is 520 g/mol. The number of rotatable bonds is 5. The fourth-order valence-corrected chi connectivity index (χ4v) is 5.29. The van der Waals surface area contributed by atoms with Gasteiger partial charge in [0.15, 0.2) is 18.2 Å². The molecule has 1 aliphatic heterocycles. The second-order valence-corrected chi connectivity index (χ2v) is 9.74. The molecular formula is C26H17ClN2O6S. The molecule has 2 aliphatic rings. The van der Waals surface area contributed by atoms with Gasteiger partial charge in [-0.3, -0.25) is 24.0 Å². The fourth-order valence-electron chi connectivity index (χ4n) is 3.98. The first-order valence-electron chi connectivity index (χ1n) is 10.9. The molecule has 1 aliphatic carbocycles. The van der Waals surface area contributed by atoms with Crippen molar-refractivity contribution < 1.29 is 28.7 Å². The largest absolute Gasteiger partial charge is 0.456 e. The summed E-state index contributed by atoms with van der Waals surface area (Å²) in [6, 6.07) is 16.4. The van der Waals surface area contributed by atoms with Crippen LogP contribution < -0.4 is 10.6 Å². The maximum atomic E-state index is 12.9. The van der Waals surface area contributed by atoms with Crippen molar-refractivity contribution in [1.82, 2.24) is 0 Å². The Kier molecular flexibility index (Phi) is 6.34. The van der Waals surface area contributed by atoms with E-state index in [2.05, 4.69) is 10.6 Å². The number of carbonyl (C=O) groups excluding carboxylic acids is 5. The minimum absolute atomic E-state index is 0.0582. The molecule has 10 heteroatoms. The lowest BCUT2D eigenvalue weighted by molar-refractivity contribution is -0.147. The molecule has 0 spiro atoms. The van der Waals surface area contributed by atoms with Crippen molar-refractivity contribution in [2.24, 2.45) is 0 Å². The van der Waals surface area contributed by atoms with Crippen LogP contribution in [0.2, 0.25) is 5.02 Å². The third kappa shape index (κ3) is 4.50. The summed E-state index contributed by atoms with van der Waals surface area (Å²) in [5.41, 5.74) is 1.63. The molecule has 0 aromatic heterocycles. The predicted octanol–water partition coefficient (Wildman–Crippen LogP) is 4.10. The quantitative estimate of drug-likeness (QED) is 0.380. The maximum absolute atomic E-state index is 12.9. The van der Waals surface area contributed by atoms with Gasteiger partial charge in [-0.2, -0.15) is 0 Å². The van der Waals surface area contributed by atoms with E-state index in [1.165, 1.54) is 23.9 Å². The van der Waals surface area contributed by atoms with E-state index in [1.807, 2.05) is 12.1 Å². The molecule has 0 saturated heterocycles. The molecule has 8 nitrogen and oxygen atoms in total.